The Kier molecular flexibility index (Phi) is 4.81. The van der Waals surface area contributed by atoms with Crippen molar-refractivity contribution in [1.29, 1.82) is 0 Å². The summed E-state index contributed by atoms with van der Waals surface area (Å²) in [6.07, 6.45) is 6.34. The molecule has 1 aromatic rings. The third-order valence-electron chi connectivity index (χ3n) is 3.84. The van der Waals surface area contributed by atoms with E-state index in [2.05, 4.69) is 5.32 Å². The lowest BCUT2D eigenvalue weighted by Crippen LogP contribution is -2.38. The van der Waals surface area contributed by atoms with Crippen LogP contribution in [0.4, 0.5) is 0 Å². The molecular weight excluding hydrogens is 278 g/mol. The molecular formula is C18H21NO3. The zero-order chi connectivity index (χ0) is 16.3. The maximum Gasteiger partial charge on any atom is 0.227 e. The molecule has 22 heavy (non-hydrogen) atoms. The van der Waals surface area contributed by atoms with Crippen LogP contribution in [0.15, 0.2) is 36.4 Å². The molecule has 0 saturated heterocycles. The first-order valence-corrected chi connectivity index (χ1v) is 7.41. The Bertz CT molecular complexity index is 644. The SMILES string of the molecule is CC(C)NC(=O)C1C=CC=C(c2ccc(O)c(C=O)c2)C1C. The van der Waals surface area contributed by atoms with Crippen molar-refractivity contribution < 1.29 is 14.7 Å². The van der Waals surface area contributed by atoms with Gasteiger partial charge >= 0.3 is 0 Å². The highest BCUT2D eigenvalue weighted by Crippen LogP contribution is 2.34. The molecule has 2 unspecified atom stereocenters. The van der Waals surface area contributed by atoms with Gasteiger partial charge in [-0.05, 0) is 43.0 Å². The van der Waals surface area contributed by atoms with Crippen molar-refractivity contribution in [3.63, 3.8) is 0 Å². The van der Waals surface area contributed by atoms with Gasteiger partial charge in [0, 0.05) is 6.04 Å². The van der Waals surface area contributed by atoms with E-state index in [0.717, 1.165) is 11.1 Å². The summed E-state index contributed by atoms with van der Waals surface area (Å²) >= 11 is 0. The van der Waals surface area contributed by atoms with Crippen molar-refractivity contribution in [2.45, 2.75) is 26.8 Å². The predicted molar refractivity (Wildman–Crippen MR) is 86.5 cm³/mol. The third kappa shape index (κ3) is 3.27. The molecule has 0 aromatic heterocycles. The van der Waals surface area contributed by atoms with Crippen LogP contribution >= 0.6 is 0 Å². The topological polar surface area (TPSA) is 66.4 Å². The highest BCUT2D eigenvalue weighted by molar-refractivity contribution is 5.87. The second-order valence-corrected chi connectivity index (χ2v) is 5.88. The average molecular weight is 299 g/mol. The second kappa shape index (κ2) is 6.60. The number of phenolic OH excluding ortho intramolecular Hbond substituents is 1. The molecule has 4 heteroatoms. The van der Waals surface area contributed by atoms with Crippen LogP contribution in [0.3, 0.4) is 0 Å². The van der Waals surface area contributed by atoms with Crippen LogP contribution in [-0.4, -0.2) is 23.3 Å². The molecule has 0 radical (unpaired) electrons. The number of carbonyl (C=O) groups is 2. The van der Waals surface area contributed by atoms with Gasteiger partial charge in [0.05, 0.1) is 11.5 Å². The maximum atomic E-state index is 12.3. The molecule has 1 amide bonds. The predicted octanol–water partition coefficient (Wildman–Crippen LogP) is 2.93. The van der Waals surface area contributed by atoms with Crippen LogP contribution in [0.25, 0.3) is 5.57 Å². The molecule has 0 spiro atoms. The molecule has 116 valence electrons. The Morgan fingerprint density at radius 1 is 1.36 bits per heavy atom. The quantitative estimate of drug-likeness (QED) is 0.840. The number of allylic oxidation sites excluding steroid dienone is 3. The van der Waals surface area contributed by atoms with E-state index in [-0.39, 0.29) is 35.1 Å². The Labute approximate surface area is 130 Å². The van der Waals surface area contributed by atoms with Crippen molar-refractivity contribution in [3.05, 3.63) is 47.6 Å². The van der Waals surface area contributed by atoms with E-state index in [1.807, 2.05) is 39.0 Å². The maximum absolute atomic E-state index is 12.3. The summed E-state index contributed by atoms with van der Waals surface area (Å²) < 4.78 is 0. The highest BCUT2D eigenvalue weighted by atomic mass is 16.3. The fourth-order valence-corrected chi connectivity index (χ4v) is 2.67. The summed E-state index contributed by atoms with van der Waals surface area (Å²) in [6, 6.07) is 5.02. The van der Waals surface area contributed by atoms with Crippen molar-refractivity contribution in [1.82, 2.24) is 5.32 Å². The number of aromatic hydroxyl groups is 1. The van der Waals surface area contributed by atoms with Crippen molar-refractivity contribution in [3.8, 4) is 5.75 Å². The van der Waals surface area contributed by atoms with E-state index in [1.165, 1.54) is 6.07 Å². The van der Waals surface area contributed by atoms with Gasteiger partial charge in [-0.2, -0.15) is 0 Å². The average Bonchev–Trinajstić information content (AvgIpc) is 2.47. The lowest BCUT2D eigenvalue weighted by Gasteiger charge is -2.27. The summed E-state index contributed by atoms with van der Waals surface area (Å²) in [7, 11) is 0. The molecule has 2 N–H and O–H groups in total. The minimum absolute atomic E-state index is 0.00117. The van der Waals surface area contributed by atoms with Crippen LogP contribution in [0, 0.1) is 11.8 Å². The van der Waals surface area contributed by atoms with Gasteiger partial charge in [-0.1, -0.05) is 31.2 Å². The van der Waals surface area contributed by atoms with E-state index in [1.54, 1.807) is 12.1 Å². The number of phenols is 1. The number of hydrogen-bond donors (Lipinski definition) is 2. The number of benzene rings is 1. The van der Waals surface area contributed by atoms with Gasteiger partial charge in [-0.3, -0.25) is 9.59 Å². The molecule has 2 rings (SSSR count). The Morgan fingerprint density at radius 3 is 2.73 bits per heavy atom. The lowest BCUT2D eigenvalue weighted by molar-refractivity contribution is -0.124. The fraction of sp³-hybridized carbons (Fsp3) is 0.333. The largest absolute Gasteiger partial charge is 0.507 e. The first-order valence-electron chi connectivity index (χ1n) is 7.41. The standard InChI is InChI=1S/C18H21NO3/c1-11(2)19-18(22)16-6-4-5-15(12(16)3)13-7-8-17(21)14(9-13)10-20/h4-12,16,21H,1-3H3,(H,19,22). The number of carbonyl (C=O) groups excluding carboxylic acids is 2. The van der Waals surface area contributed by atoms with Crippen molar-refractivity contribution >= 4 is 17.8 Å². The molecule has 1 aromatic carbocycles. The number of rotatable bonds is 4. The van der Waals surface area contributed by atoms with Crippen LogP contribution in [0.5, 0.6) is 5.75 Å². The molecule has 1 aliphatic carbocycles. The van der Waals surface area contributed by atoms with Gasteiger partial charge in [0.2, 0.25) is 5.91 Å². The van der Waals surface area contributed by atoms with Crippen LogP contribution in [0.1, 0.15) is 36.7 Å². The van der Waals surface area contributed by atoms with Crippen LogP contribution in [-0.2, 0) is 4.79 Å². The van der Waals surface area contributed by atoms with Gasteiger partial charge in [0.25, 0.3) is 0 Å². The van der Waals surface area contributed by atoms with Gasteiger partial charge in [0.15, 0.2) is 6.29 Å². The first-order chi connectivity index (χ1) is 10.4. The smallest absolute Gasteiger partial charge is 0.227 e. The van der Waals surface area contributed by atoms with Gasteiger partial charge in [-0.25, -0.2) is 0 Å². The minimum Gasteiger partial charge on any atom is -0.507 e. The molecule has 4 nitrogen and oxygen atoms in total. The zero-order valence-electron chi connectivity index (χ0n) is 13.0. The van der Waals surface area contributed by atoms with E-state index < -0.39 is 0 Å². The number of aldehydes is 1. The minimum atomic E-state index is -0.240. The van der Waals surface area contributed by atoms with Gasteiger partial charge in [-0.15, -0.1) is 0 Å². The Hall–Kier alpha value is -2.36. The molecule has 2 atom stereocenters. The van der Waals surface area contributed by atoms with E-state index in [0.29, 0.717) is 6.29 Å². The van der Waals surface area contributed by atoms with E-state index in [4.69, 9.17) is 0 Å². The lowest BCUT2D eigenvalue weighted by atomic mass is 9.79. The number of hydrogen-bond acceptors (Lipinski definition) is 3. The normalized spacial score (nSPS) is 20.6. The molecule has 1 aliphatic rings. The molecule has 0 bridgehead atoms. The fourth-order valence-electron chi connectivity index (χ4n) is 2.67. The second-order valence-electron chi connectivity index (χ2n) is 5.88. The zero-order valence-corrected chi connectivity index (χ0v) is 13.0. The van der Waals surface area contributed by atoms with E-state index in [9.17, 15) is 14.7 Å². The summed E-state index contributed by atoms with van der Waals surface area (Å²) in [6.45, 7) is 5.86. The molecule has 0 fully saturated rings. The highest BCUT2D eigenvalue weighted by Gasteiger charge is 2.28. The van der Waals surface area contributed by atoms with Crippen molar-refractivity contribution in [2.24, 2.45) is 11.8 Å². The number of amides is 1. The summed E-state index contributed by atoms with van der Waals surface area (Å²) in [5.74, 6) is -0.283. The van der Waals surface area contributed by atoms with Gasteiger partial charge in [0.1, 0.15) is 5.75 Å². The van der Waals surface area contributed by atoms with Crippen molar-refractivity contribution in [2.75, 3.05) is 0 Å². The Morgan fingerprint density at radius 2 is 2.09 bits per heavy atom. The van der Waals surface area contributed by atoms with E-state index >= 15 is 0 Å². The van der Waals surface area contributed by atoms with Gasteiger partial charge < -0.3 is 10.4 Å². The Balaban J connectivity index is 2.29. The van der Waals surface area contributed by atoms with Crippen LogP contribution < -0.4 is 5.32 Å². The van der Waals surface area contributed by atoms with Crippen LogP contribution in [0.2, 0.25) is 0 Å². The molecule has 0 aliphatic heterocycles. The molecule has 0 heterocycles. The first kappa shape index (κ1) is 16.0. The number of nitrogens with one attached hydrogen (secondary N) is 1. The summed E-state index contributed by atoms with van der Waals surface area (Å²) in [4.78, 5) is 23.3. The summed E-state index contributed by atoms with van der Waals surface area (Å²) in [5, 5.41) is 12.5. The summed E-state index contributed by atoms with van der Waals surface area (Å²) in [5.41, 5.74) is 2.08. The molecule has 0 saturated carbocycles. The third-order valence-corrected chi connectivity index (χ3v) is 3.84. The monoisotopic (exact) mass is 299 g/mol.